The van der Waals surface area contributed by atoms with E-state index in [2.05, 4.69) is 21.2 Å². The summed E-state index contributed by atoms with van der Waals surface area (Å²) in [6, 6.07) is 15.6. The van der Waals surface area contributed by atoms with Crippen LogP contribution in [0, 0.1) is 19.7 Å². The summed E-state index contributed by atoms with van der Waals surface area (Å²) in [6.07, 6.45) is 0. The minimum absolute atomic E-state index is 0.0199. The number of rotatable bonds is 5. The largest absolute Gasteiger partial charge is 0.452 e. The van der Waals surface area contributed by atoms with Gasteiger partial charge in [0.1, 0.15) is 5.82 Å². The lowest BCUT2D eigenvalue weighted by Gasteiger charge is -2.10. The number of benzene rings is 2. The van der Waals surface area contributed by atoms with Gasteiger partial charge >= 0.3 is 5.97 Å². The molecule has 5 nitrogen and oxygen atoms in total. The third-order valence-electron chi connectivity index (χ3n) is 4.21. The molecule has 0 atom stereocenters. The van der Waals surface area contributed by atoms with E-state index < -0.39 is 24.3 Å². The maximum Gasteiger partial charge on any atom is 0.340 e. The van der Waals surface area contributed by atoms with Gasteiger partial charge < -0.3 is 14.6 Å². The Bertz CT molecular complexity index is 1030. The van der Waals surface area contributed by atoms with Gasteiger partial charge in [-0.1, -0.05) is 34.1 Å². The van der Waals surface area contributed by atoms with Crippen LogP contribution < -0.4 is 5.32 Å². The van der Waals surface area contributed by atoms with Crippen LogP contribution in [0.25, 0.3) is 5.69 Å². The van der Waals surface area contributed by atoms with Gasteiger partial charge in [0.05, 0.1) is 11.3 Å². The lowest BCUT2D eigenvalue weighted by molar-refractivity contribution is -0.119. The van der Waals surface area contributed by atoms with Gasteiger partial charge in [0.15, 0.2) is 6.61 Å². The van der Waals surface area contributed by atoms with Crippen LogP contribution in [0.15, 0.2) is 59.1 Å². The summed E-state index contributed by atoms with van der Waals surface area (Å²) < 4.78 is 21.4. The van der Waals surface area contributed by atoms with Crippen LogP contribution in [-0.2, 0) is 9.53 Å². The van der Waals surface area contributed by atoms with Crippen molar-refractivity contribution in [1.82, 2.24) is 4.57 Å². The maximum absolute atomic E-state index is 13.8. The summed E-state index contributed by atoms with van der Waals surface area (Å²) in [7, 11) is 0. The van der Waals surface area contributed by atoms with Crippen molar-refractivity contribution in [2.45, 2.75) is 13.8 Å². The van der Waals surface area contributed by atoms with E-state index in [0.29, 0.717) is 15.7 Å². The van der Waals surface area contributed by atoms with Crippen molar-refractivity contribution in [2.75, 3.05) is 11.9 Å². The highest BCUT2D eigenvalue weighted by molar-refractivity contribution is 9.10. The Morgan fingerprint density at radius 1 is 1.11 bits per heavy atom. The van der Waals surface area contributed by atoms with Gasteiger partial charge in [0.2, 0.25) is 0 Å². The van der Waals surface area contributed by atoms with E-state index in [-0.39, 0.29) is 5.69 Å². The van der Waals surface area contributed by atoms with Crippen LogP contribution in [0.5, 0.6) is 0 Å². The molecule has 3 aromatic rings. The summed E-state index contributed by atoms with van der Waals surface area (Å²) in [5.74, 6) is -1.81. The number of nitrogens with zero attached hydrogens (tertiary/aromatic N) is 1. The maximum atomic E-state index is 13.8. The zero-order valence-electron chi connectivity index (χ0n) is 15.3. The predicted octanol–water partition coefficient (Wildman–Crippen LogP) is 4.79. The van der Waals surface area contributed by atoms with Gasteiger partial charge in [-0.15, -0.1) is 0 Å². The first-order valence-electron chi connectivity index (χ1n) is 8.53. The third kappa shape index (κ3) is 4.31. The predicted molar refractivity (Wildman–Crippen MR) is 108 cm³/mol. The molecule has 1 heterocycles. The average molecular weight is 445 g/mol. The zero-order chi connectivity index (χ0) is 20.3. The van der Waals surface area contributed by atoms with Crippen molar-refractivity contribution in [3.8, 4) is 5.69 Å². The number of aromatic nitrogens is 1. The Morgan fingerprint density at radius 2 is 1.82 bits per heavy atom. The summed E-state index contributed by atoms with van der Waals surface area (Å²) in [5, 5.41) is 2.38. The number of anilines is 1. The first-order chi connectivity index (χ1) is 13.4. The second-order valence-electron chi connectivity index (χ2n) is 6.20. The fourth-order valence-corrected chi connectivity index (χ4v) is 3.26. The van der Waals surface area contributed by atoms with E-state index in [1.165, 1.54) is 12.1 Å². The number of esters is 1. The lowest BCUT2D eigenvalue weighted by Crippen LogP contribution is -2.21. The van der Waals surface area contributed by atoms with Crippen molar-refractivity contribution in [1.29, 1.82) is 0 Å². The van der Waals surface area contributed by atoms with Crippen LogP contribution in [0.1, 0.15) is 21.7 Å². The molecular weight excluding hydrogens is 427 g/mol. The molecule has 0 aliphatic heterocycles. The fraction of sp³-hybridized carbons (Fsp3) is 0.143. The number of hydrogen-bond acceptors (Lipinski definition) is 3. The smallest absolute Gasteiger partial charge is 0.340 e. The van der Waals surface area contributed by atoms with E-state index in [1.54, 1.807) is 12.1 Å². The van der Waals surface area contributed by atoms with E-state index in [0.717, 1.165) is 11.4 Å². The zero-order valence-corrected chi connectivity index (χ0v) is 16.9. The number of ether oxygens (including phenoxy) is 1. The number of aryl methyl sites for hydroxylation is 1. The van der Waals surface area contributed by atoms with Crippen LogP contribution >= 0.6 is 15.9 Å². The average Bonchev–Trinajstić information content (AvgIpc) is 2.97. The molecule has 7 heteroatoms. The number of nitrogens with one attached hydrogen (secondary N) is 1. The molecule has 0 aliphatic rings. The first kappa shape index (κ1) is 19.8. The van der Waals surface area contributed by atoms with Crippen LogP contribution in [0.3, 0.4) is 0 Å². The topological polar surface area (TPSA) is 60.3 Å². The number of amides is 1. The monoisotopic (exact) mass is 444 g/mol. The van der Waals surface area contributed by atoms with Gasteiger partial charge in [-0.3, -0.25) is 4.79 Å². The molecule has 0 radical (unpaired) electrons. The van der Waals surface area contributed by atoms with Crippen molar-refractivity contribution in [2.24, 2.45) is 0 Å². The molecule has 0 unspecified atom stereocenters. The summed E-state index contributed by atoms with van der Waals surface area (Å²) in [4.78, 5) is 24.4. The van der Waals surface area contributed by atoms with Crippen molar-refractivity contribution in [3.63, 3.8) is 0 Å². The molecule has 1 N–H and O–H groups in total. The minimum atomic E-state index is -0.619. The SMILES string of the molecule is Cc1cc(C(=O)OCC(=O)Nc2ccc(Br)cc2F)c(C)n1-c1ccccc1. The lowest BCUT2D eigenvalue weighted by atomic mass is 10.2. The highest BCUT2D eigenvalue weighted by Crippen LogP contribution is 2.22. The Morgan fingerprint density at radius 3 is 2.50 bits per heavy atom. The van der Waals surface area contributed by atoms with Crippen molar-refractivity contribution < 1.29 is 18.7 Å². The van der Waals surface area contributed by atoms with Crippen molar-refractivity contribution in [3.05, 3.63) is 81.8 Å². The molecule has 1 amide bonds. The highest BCUT2D eigenvalue weighted by Gasteiger charge is 2.19. The van der Waals surface area contributed by atoms with Gasteiger partial charge in [0.25, 0.3) is 5.91 Å². The molecule has 0 saturated carbocycles. The van der Waals surface area contributed by atoms with Gasteiger partial charge in [-0.25, -0.2) is 9.18 Å². The normalized spacial score (nSPS) is 10.6. The molecule has 28 heavy (non-hydrogen) atoms. The molecule has 1 aromatic heterocycles. The van der Waals surface area contributed by atoms with Crippen LogP contribution in [-0.4, -0.2) is 23.1 Å². The Kier molecular flexibility index (Phi) is 5.94. The Hall–Kier alpha value is -2.93. The number of carbonyl (C=O) groups is 2. The second-order valence-corrected chi connectivity index (χ2v) is 7.12. The van der Waals surface area contributed by atoms with E-state index >= 15 is 0 Å². The Balaban J connectivity index is 1.68. The summed E-state index contributed by atoms with van der Waals surface area (Å²) in [5.41, 5.74) is 2.92. The minimum Gasteiger partial charge on any atom is -0.452 e. The molecule has 0 fully saturated rings. The number of hydrogen-bond donors (Lipinski definition) is 1. The number of halogens is 2. The quantitative estimate of drug-likeness (QED) is 0.575. The fourth-order valence-electron chi connectivity index (χ4n) is 2.93. The van der Waals surface area contributed by atoms with Crippen molar-refractivity contribution >= 4 is 33.5 Å². The molecule has 0 saturated heterocycles. The molecule has 0 bridgehead atoms. The standard InChI is InChI=1S/C21H18BrFN2O3/c1-13-10-17(14(2)25(13)16-6-4-3-5-7-16)21(27)28-12-20(26)24-19-9-8-15(22)11-18(19)23/h3-11H,12H2,1-2H3,(H,24,26). The van der Waals surface area contributed by atoms with Crippen LogP contribution in [0.4, 0.5) is 10.1 Å². The molecule has 3 rings (SSSR count). The number of carbonyl (C=O) groups excluding carboxylic acids is 2. The van der Waals surface area contributed by atoms with Gasteiger partial charge in [0, 0.05) is 21.5 Å². The molecule has 0 spiro atoms. The second kappa shape index (κ2) is 8.39. The van der Waals surface area contributed by atoms with Gasteiger partial charge in [-0.2, -0.15) is 0 Å². The highest BCUT2D eigenvalue weighted by atomic mass is 79.9. The Labute approximate surface area is 170 Å². The van der Waals surface area contributed by atoms with Crippen LogP contribution in [0.2, 0.25) is 0 Å². The first-order valence-corrected chi connectivity index (χ1v) is 9.32. The van der Waals surface area contributed by atoms with E-state index in [9.17, 15) is 14.0 Å². The summed E-state index contributed by atoms with van der Waals surface area (Å²) in [6.45, 7) is 3.19. The van der Waals surface area contributed by atoms with Gasteiger partial charge in [-0.05, 0) is 50.2 Å². The summed E-state index contributed by atoms with van der Waals surface area (Å²) >= 11 is 3.15. The molecule has 144 valence electrons. The molecule has 2 aromatic carbocycles. The third-order valence-corrected chi connectivity index (χ3v) is 4.70. The number of para-hydroxylation sites is 1. The molecular formula is C21H18BrFN2O3. The van der Waals surface area contributed by atoms with E-state index in [4.69, 9.17) is 4.74 Å². The van der Waals surface area contributed by atoms with E-state index in [1.807, 2.05) is 48.7 Å². The molecule has 0 aliphatic carbocycles.